The third-order valence-corrected chi connectivity index (χ3v) is 3.21. The molecule has 1 unspecified atom stereocenters. The molecule has 3 nitrogen and oxygen atoms in total. The molecule has 1 aromatic carbocycles. The van der Waals surface area contributed by atoms with Crippen LogP contribution in [0.5, 0.6) is 0 Å². The molecule has 0 aliphatic rings. The Morgan fingerprint density at radius 2 is 1.94 bits per heavy atom. The number of carbonyl (C=O) groups is 1. The van der Waals surface area contributed by atoms with E-state index in [0.717, 1.165) is 5.56 Å². The molecule has 100 valence electrons. The molecule has 1 atom stereocenters. The fourth-order valence-electron chi connectivity index (χ4n) is 1.62. The van der Waals surface area contributed by atoms with Gasteiger partial charge in [-0.15, -0.1) is 0 Å². The van der Waals surface area contributed by atoms with Crippen LogP contribution >= 0.6 is 0 Å². The van der Waals surface area contributed by atoms with Crippen LogP contribution in [0.25, 0.3) is 0 Å². The molecule has 2 N–H and O–H groups in total. The van der Waals surface area contributed by atoms with Crippen LogP contribution in [0.4, 0.5) is 0 Å². The summed E-state index contributed by atoms with van der Waals surface area (Å²) < 4.78 is 0. The molecule has 0 saturated heterocycles. The van der Waals surface area contributed by atoms with Gasteiger partial charge in [0.1, 0.15) is 0 Å². The van der Waals surface area contributed by atoms with Crippen LogP contribution in [0.3, 0.4) is 0 Å². The Morgan fingerprint density at radius 1 is 1.28 bits per heavy atom. The number of amides is 1. The van der Waals surface area contributed by atoms with E-state index in [-0.39, 0.29) is 11.8 Å². The quantitative estimate of drug-likeness (QED) is 0.838. The van der Waals surface area contributed by atoms with E-state index in [9.17, 15) is 9.90 Å². The minimum atomic E-state index is -0.478. The molecule has 0 aliphatic heterocycles. The fraction of sp³-hybridized carbons (Fsp3) is 0.533. The van der Waals surface area contributed by atoms with Crippen LogP contribution in [-0.4, -0.2) is 23.7 Å². The predicted molar refractivity (Wildman–Crippen MR) is 73.5 cm³/mol. The highest BCUT2D eigenvalue weighted by molar-refractivity contribution is 5.78. The van der Waals surface area contributed by atoms with Crippen molar-refractivity contribution in [3.63, 3.8) is 0 Å². The van der Waals surface area contributed by atoms with Crippen molar-refractivity contribution < 1.29 is 9.90 Å². The summed E-state index contributed by atoms with van der Waals surface area (Å²) in [6.07, 6.45) is -0.111. The first-order chi connectivity index (χ1) is 8.40. The van der Waals surface area contributed by atoms with Gasteiger partial charge in [0.05, 0.1) is 12.5 Å². The lowest BCUT2D eigenvalue weighted by Gasteiger charge is -2.15. The lowest BCUT2D eigenvalue weighted by molar-refractivity contribution is -0.121. The van der Waals surface area contributed by atoms with Gasteiger partial charge in [0.2, 0.25) is 5.91 Å². The van der Waals surface area contributed by atoms with Crippen molar-refractivity contribution in [1.82, 2.24) is 5.32 Å². The van der Waals surface area contributed by atoms with Crippen molar-refractivity contribution in [3.8, 4) is 0 Å². The number of rotatable bonds is 5. The maximum absolute atomic E-state index is 11.7. The van der Waals surface area contributed by atoms with Gasteiger partial charge in [-0.05, 0) is 36.5 Å². The molecule has 1 rings (SSSR count). The Labute approximate surface area is 109 Å². The lowest BCUT2D eigenvalue weighted by Crippen LogP contribution is -2.35. The van der Waals surface area contributed by atoms with Gasteiger partial charge < -0.3 is 10.4 Å². The number of carbonyl (C=O) groups excluding carboxylic acids is 1. The normalized spacial score (nSPS) is 12.6. The molecule has 18 heavy (non-hydrogen) atoms. The van der Waals surface area contributed by atoms with Gasteiger partial charge >= 0.3 is 0 Å². The highest BCUT2D eigenvalue weighted by Gasteiger charge is 2.11. The number of nitrogens with one attached hydrogen (secondary N) is 1. The van der Waals surface area contributed by atoms with Crippen LogP contribution in [0.2, 0.25) is 0 Å². The number of benzene rings is 1. The minimum Gasteiger partial charge on any atom is -0.391 e. The van der Waals surface area contributed by atoms with Crippen molar-refractivity contribution >= 4 is 5.91 Å². The summed E-state index contributed by atoms with van der Waals surface area (Å²) in [5.74, 6) is 0.116. The van der Waals surface area contributed by atoms with Crippen molar-refractivity contribution in [2.75, 3.05) is 6.54 Å². The molecule has 0 bridgehead atoms. The molecule has 0 fully saturated rings. The van der Waals surface area contributed by atoms with Crippen LogP contribution in [0.15, 0.2) is 18.2 Å². The van der Waals surface area contributed by atoms with E-state index < -0.39 is 6.10 Å². The Kier molecular flexibility index (Phi) is 5.35. The van der Waals surface area contributed by atoms with E-state index in [1.165, 1.54) is 11.1 Å². The SMILES string of the molecule is Cc1ccc(CC(=O)NCC(O)C(C)C)cc1C. The van der Waals surface area contributed by atoms with Gasteiger partial charge in [0.15, 0.2) is 0 Å². The molecular formula is C15H23NO2. The Balaban J connectivity index is 2.47. The molecule has 3 heteroatoms. The standard InChI is InChI=1S/C15H23NO2/c1-10(2)14(17)9-16-15(18)8-13-6-5-11(3)12(4)7-13/h5-7,10,14,17H,8-9H2,1-4H3,(H,16,18). The van der Waals surface area contributed by atoms with Gasteiger partial charge in [0, 0.05) is 6.54 Å². The number of aryl methyl sites for hydroxylation is 2. The number of aliphatic hydroxyl groups excluding tert-OH is 1. The zero-order valence-electron chi connectivity index (χ0n) is 11.7. The maximum Gasteiger partial charge on any atom is 0.224 e. The van der Waals surface area contributed by atoms with E-state index in [2.05, 4.69) is 12.2 Å². The summed E-state index contributed by atoms with van der Waals surface area (Å²) in [6.45, 7) is 8.28. The summed E-state index contributed by atoms with van der Waals surface area (Å²) in [6, 6.07) is 6.04. The van der Waals surface area contributed by atoms with Crippen LogP contribution in [0, 0.1) is 19.8 Å². The molecule has 0 radical (unpaired) electrons. The van der Waals surface area contributed by atoms with E-state index in [1.807, 2.05) is 39.0 Å². The number of hydrogen-bond donors (Lipinski definition) is 2. The first-order valence-electron chi connectivity index (χ1n) is 6.41. The monoisotopic (exact) mass is 249 g/mol. The molecular weight excluding hydrogens is 226 g/mol. The van der Waals surface area contributed by atoms with Crippen molar-refractivity contribution in [1.29, 1.82) is 0 Å². The summed E-state index contributed by atoms with van der Waals surface area (Å²) in [4.78, 5) is 11.7. The molecule has 0 saturated carbocycles. The van der Waals surface area contributed by atoms with Crippen LogP contribution in [-0.2, 0) is 11.2 Å². The van der Waals surface area contributed by atoms with E-state index in [0.29, 0.717) is 13.0 Å². The zero-order chi connectivity index (χ0) is 13.7. The molecule has 0 heterocycles. The van der Waals surface area contributed by atoms with Gasteiger partial charge in [0.25, 0.3) is 0 Å². The van der Waals surface area contributed by atoms with E-state index in [1.54, 1.807) is 0 Å². The molecule has 1 amide bonds. The van der Waals surface area contributed by atoms with Gasteiger partial charge in [-0.2, -0.15) is 0 Å². The summed E-state index contributed by atoms with van der Waals surface area (Å²) in [7, 11) is 0. The highest BCUT2D eigenvalue weighted by atomic mass is 16.3. The van der Waals surface area contributed by atoms with Crippen molar-refractivity contribution in [3.05, 3.63) is 34.9 Å². The second-order valence-corrected chi connectivity index (χ2v) is 5.21. The largest absolute Gasteiger partial charge is 0.391 e. The highest BCUT2D eigenvalue weighted by Crippen LogP contribution is 2.10. The molecule has 0 aliphatic carbocycles. The number of aliphatic hydroxyl groups is 1. The summed E-state index contributed by atoms with van der Waals surface area (Å²) >= 11 is 0. The third kappa shape index (κ3) is 4.49. The van der Waals surface area contributed by atoms with E-state index in [4.69, 9.17) is 0 Å². The first-order valence-corrected chi connectivity index (χ1v) is 6.41. The Morgan fingerprint density at radius 3 is 2.50 bits per heavy atom. The Bertz CT molecular complexity index is 413. The minimum absolute atomic E-state index is 0.0436. The predicted octanol–water partition coefficient (Wildman–Crippen LogP) is 1.98. The molecule has 1 aromatic rings. The van der Waals surface area contributed by atoms with Crippen LogP contribution in [0.1, 0.15) is 30.5 Å². The number of hydrogen-bond acceptors (Lipinski definition) is 2. The second-order valence-electron chi connectivity index (χ2n) is 5.21. The van der Waals surface area contributed by atoms with Gasteiger partial charge in [-0.3, -0.25) is 4.79 Å². The molecule has 0 aromatic heterocycles. The average molecular weight is 249 g/mol. The zero-order valence-corrected chi connectivity index (χ0v) is 11.7. The van der Waals surface area contributed by atoms with Crippen molar-refractivity contribution in [2.45, 2.75) is 40.2 Å². The summed E-state index contributed by atoms with van der Waals surface area (Å²) in [5, 5.41) is 12.4. The van der Waals surface area contributed by atoms with E-state index >= 15 is 0 Å². The Hall–Kier alpha value is -1.35. The smallest absolute Gasteiger partial charge is 0.224 e. The maximum atomic E-state index is 11.7. The average Bonchev–Trinajstić information content (AvgIpc) is 2.30. The lowest BCUT2D eigenvalue weighted by atomic mass is 10.0. The topological polar surface area (TPSA) is 49.3 Å². The second kappa shape index (κ2) is 6.55. The molecule has 0 spiro atoms. The van der Waals surface area contributed by atoms with Gasteiger partial charge in [-0.1, -0.05) is 32.0 Å². The van der Waals surface area contributed by atoms with Crippen molar-refractivity contribution in [2.24, 2.45) is 5.92 Å². The third-order valence-electron chi connectivity index (χ3n) is 3.21. The summed E-state index contributed by atoms with van der Waals surface area (Å²) in [5.41, 5.74) is 3.44. The fourth-order valence-corrected chi connectivity index (χ4v) is 1.62. The van der Waals surface area contributed by atoms with Crippen LogP contribution < -0.4 is 5.32 Å². The van der Waals surface area contributed by atoms with Gasteiger partial charge in [-0.25, -0.2) is 0 Å². The first kappa shape index (κ1) is 14.7.